The van der Waals surface area contributed by atoms with Crippen LogP contribution in [0.5, 0.6) is 5.75 Å². The zero-order valence-corrected chi connectivity index (χ0v) is 18.1. The number of benzene rings is 2. The summed E-state index contributed by atoms with van der Waals surface area (Å²) in [5, 5.41) is 17.4. The number of ether oxygens (including phenoxy) is 1. The van der Waals surface area contributed by atoms with Crippen molar-refractivity contribution in [2.75, 3.05) is 13.2 Å². The molecule has 0 aromatic heterocycles. The first-order chi connectivity index (χ1) is 13.2. The van der Waals surface area contributed by atoms with Gasteiger partial charge in [-0.25, -0.2) is 4.99 Å². The van der Waals surface area contributed by atoms with Gasteiger partial charge in [0.25, 0.3) is 5.69 Å². The molecule has 2 aromatic carbocycles. The first-order valence-corrected chi connectivity index (χ1v) is 8.71. The molecule has 0 atom stereocenters. The van der Waals surface area contributed by atoms with Gasteiger partial charge in [-0.3, -0.25) is 10.1 Å². The lowest BCUT2D eigenvalue weighted by Gasteiger charge is -2.13. The van der Waals surface area contributed by atoms with Crippen LogP contribution in [0.25, 0.3) is 0 Å². The Hall–Kier alpha value is -2.62. The van der Waals surface area contributed by atoms with Crippen molar-refractivity contribution in [2.24, 2.45) is 4.99 Å². The molecule has 0 spiro atoms. The van der Waals surface area contributed by atoms with Gasteiger partial charge in [-0.1, -0.05) is 49.1 Å². The van der Waals surface area contributed by atoms with Crippen molar-refractivity contribution >= 4 is 35.6 Å². The highest BCUT2D eigenvalue weighted by molar-refractivity contribution is 14.0. The van der Waals surface area contributed by atoms with Crippen molar-refractivity contribution in [3.63, 3.8) is 0 Å². The number of rotatable bonds is 9. The third kappa shape index (κ3) is 7.18. The quantitative estimate of drug-likeness (QED) is 0.137. The Morgan fingerprint density at radius 1 is 1.18 bits per heavy atom. The highest BCUT2D eigenvalue weighted by atomic mass is 127. The summed E-state index contributed by atoms with van der Waals surface area (Å²) in [6, 6.07) is 14.3. The predicted octanol–water partition coefficient (Wildman–Crippen LogP) is 4.03. The molecule has 2 aromatic rings. The number of hydrogen-bond donors (Lipinski definition) is 2. The molecule has 0 bridgehead atoms. The smallest absolute Gasteiger partial charge is 0.274 e. The van der Waals surface area contributed by atoms with Gasteiger partial charge in [0, 0.05) is 30.3 Å². The number of nitrogens with one attached hydrogen (secondary N) is 2. The van der Waals surface area contributed by atoms with E-state index >= 15 is 0 Å². The molecule has 7 nitrogen and oxygen atoms in total. The monoisotopic (exact) mass is 496 g/mol. The normalized spacial score (nSPS) is 10.5. The molecule has 0 aliphatic rings. The summed E-state index contributed by atoms with van der Waals surface area (Å²) in [7, 11) is 0. The largest absolute Gasteiger partial charge is 0.489 e. The van der Waals surface area contributed by atoms with Crippen molar-refractivity contribution < 1.29 is 9.66 Å². The third-order valence-electron chi connectivity index (χ3n) is 3.72. The fraction of sp³-hybridized carbons (Fsp3) is 0.250. The predicted molar refractivity (Wildman–Crippen MR) is 122 cm³/mol. The molecule has 0 fully saturated rings. The highest BCUT2D eigenvalue weighted by Crippen LogP contribution is 2.19. The van der Waals surface area contributed by atoms with Crippen LogP contribution in [0.4, 0.5) is 5.69 Å². The van der Waals surface area contributed by atoms with Crippen LogP contribution in [0, 0.1) is 10.1 Å². The minimum absolute atomic E-state index is 0. The number of aliphatic imine (C=N–C) groups is 1. The third-order valence-corrected chi connectivity index (χ3v) is 3.72. The van der Waals surface area contributed by atoms with E-state index in [-0.39, 0.29) is 34.6 Å². The second-order valence-corrected chi connectivity index (χ2v) is 5.64. The topological polar surface area (TPSA) is 88.8 Å². The van der Waals surface area contributed by atoms with E-state index in [0.717, 1.165) is 11.3 Å². The lowest BCUT2D eigenvalue weighted by atomic mass is 10.2. The van der Waals surface area contributed by atoms with Gasteiger partial charge in [0.15, 0.2) is 5.96 Å². The van der Waals surface area contributed by atoms with E-state index in [2.05, 4.69) is 22.2 Å². The van der Waals surface area contributed by atoms with Crippen LogP contribution in [0.1, 0.15) is 18.1 Å². The molecule has 150 valence electrons. The van der Waals surface area contributed by atoms with Gasteiger partial charge in [-0.05, 0) is 13.0 Å². The van der Waals surface area contributed by atoms with Gasteiger partial charge >= 0.3 is 0 Å². The summed E-state index contributed by atoms with van der Waals surface area (Å²) >= 11 is 0. The van der Waals surface area contributed by atoms with Gasteiger partial charge in [-0.2, -0.15) is 0 Å². The van der Waals surface area contributed by atoms with Crippen LogP contribution in [-0.4, -0.2) is 24.0 Å². The zero-order chi connectivity index (χ0) is 19.5. The fourth-order valence-corrected chi connectivity index (χ4v) is 2.45. The van der Waals surface area contributed by atoms with Crippen molar-refractivity contribution in [2.45, 2.75) is 20.0 Å². The van der Waals surface area contributed by atoms with Crippen LogP contribution in [0.3, 0.4) is 0 Å². The summed E-state index contributed by atoms with van der Waals surface area (Å²) < 4.78 is 5.65. The first kappa shape index (κ1) is 23.4. The van der Waals surface area contributed by atoms with Crippen LogP contribution in [0.15, 0.2) is 66.2 Å². The van der Waals surface area contributed by atoms with E-state index in [1.54, 1.807) is 24.3 Å². The first-order valence-electron chi connectivity index (χ1n) is 8.71. The van der Waals surface area contributed by atoms with Crippen molar-refractivity contribution in [1.82, 2.24) is 10.6 Å². The average molecular weight is 496 g/mol. The van der Waals surface area contributed by atoms with Gasteiger partial charge in [0.1, 0.15) is 12.4 Å². The second-order valence-electron chi connectivity index (χ2n) is 5.64. The number of hydrogen-bond acceptors (Lipinski definition) is 4. The molecular weight excluding hydrogens is 471 g/mol. The number of nitrogens with zero attached hydrogens (tertiary/aromatic N) is 2. The Morgan fingerprint density at radius 2 is 1.86 bits per heavy atom. The summed E-state index contributed by atoms with van der Waals surface area (Å²) in [5.41, 5.74) is 1.63. The van der Waals surface area contributed by atoms with Gasteiger partial charge in [0.05, 0.1) is 11.5 Å². The van der Waals surface area contributed by atoms with E-state index in [1.165, 1.54) is 6.07 Å². The highest BCUT2D eigenvalue weighted by Gasteiger charge is 2.12. The van der Waals surface area contributed by atoms with Crippen LogP contribution < -0.4 is 15.4 Å². The van der Waals surface area contributed by atoms with Crippen molar-refractivity contribution in [1.29, 1.82) is 0 Å². The van der Waals surface area contributed by atoms with Crippen molar-refractivity contribution in [3.8, 4) is 5.75 Å². The van der Waals surface area contributed by atoms with E-state index in [1.807, 2.05) is 31.2 Å². The Kier molecular flexibility index (Phi) is 10.6. The number of para-hydroxylation sites is 2. The Balaban J connectivity index is 0.00000392. The maximum Gasteiger partial charge on any atom is 0.274 e. The molecule has 0 heterocycles. The van der Waals surface area contributed by atoms with Crippen LogP contribution in [0.2, 0.25) is 0 Å². The van der Waals surface area contributed by atoms with Crippen LogP contribution >= 0.6 is 24.0 Å². The molecule has 0 aliphatic carbocycles. The number of nitro groups is 1. The second kappa shape index (κ2) is 12.7. The zero-order valence-electron chi connectivity index (χ0n) is 15.8. The molecule has 0 saturated carbocycles. The van der Waals surface area contributed by atoms with Gasteiger partial charge < -0.3 is 15.4 Å². The molecule has 0 saturated heterocycles. The maximum absolute atomic E-state index is 11.1. The summed E-state index contributed by atoms with van der Waals surface area (Å²) in [6.07, 6.45) is 1.69. The summed E-state index contributed by atoms with van der Waals surface area (Å²) in [5.74, 6) is 1.34. The number of nitro benzene ring substituents is 1. The number of halogens is 1. The average Bonchev–Trinajstić information content (AvgIpc) is 2.69. The Morgan fingerprint density at radius 3 is 2.54 bits per heavy atom. The van der Waals surface area contributed by atoms with E-state index in [4.69, 9.17) is 4.74 Å². The number of guanidine groups is 1. The van der Waals surface area contributed by atoms with E-state index < -0.39 is 0 Å². The SMILES string of the molecule is C=CCOc1ccccc1CN=C(NCC)NCc1ccccc1[N+](=O)[O-].I. The van der Waals surface area contributed by atoms with Crippen molar-refractivity contribution in [3.05, 3.63) is 82.4 Å². The lowest BCUT2D eigenvalue weighted by molar-refractivity contribution is -0.385. The van der Waals surface area contributed by atoms with Crippen LogP contribution in [-0.2, 0) is 13.1 Å². The van der Waals surface area contributed by atoms with Gasteiger partial charge in [0.2, 0.25) is 0 Å². The van der Waals surface area contributed by atoms with Gasteiger partial charge in [-0.15, -0.1) is 24.0 Å². The maximum atomic E-state index is 11.1. The summed E-state index contributed by atoms with van der Waals surface area (Å²) in [6.45, 7) is 7.44. The molecule has 8 heteroatoms. The standard InChI is InChI=1S/C20H24N4O3.HI/c1-3-13-27-19-12-8-6-10-17(19)15-23-20(21-4-2)22-14-16-9-5-7-11-18(16)24(25)26;/h3,5-12H,1,4,13-15H2,2H3,(H2,21,22,23);1H. The molecule has 0 radical (unpaired) electrons. The molecule has 2 N–H and O–H groups in total. The van der Waals surface area contributed by atoms with E-state index in [0.29, 0.717) is 37.8 Å². The fourth-order valence-electron chi connectivity index (χ4n) is 2.45. The molecule has 28 heavy (non-hydrogen) atoms. The lowest BCUT2D eigenvalue weighted by Crippen LogP contribution is -2.36. The molecule has 0 aliphatic heterocycles. The van der Waals surface area contributed by atoms with E-state index in [9.17, 15) is 10.1 Å². The molecular formula is C20H25IN4O3. The molecule has 0 unspecified atom stereocenters. The Bertz CT molecular complexity index is 812. The minimum atomic E-state index is -0.381. The Labute approximate surface area is 182 Å². The summed E-state index contributed by atoms with van der Waals surface area (Å²) in [4.78, 5) is 15.3. The molecule has 2 rings (SSSR count). The molecule has 0 amide bonds. The minimum Gasteiger partial charge on any atom is -0.489 e.